The van der Waals surface area contributed by atoms with Gasteiger partial charge in [-0.2, -0.15) is 0 Å². The molecule has 2 aromatic carbocycles. The fourth-order valence-corrected chi connectivity index (χ4v) is 2.92. The molecular formula is C18H19NO. The normalized spacial score (nSPS) is 17.9. The molecule has 0 fully saturated rings. The lowest BCUT2D eigenvalue weighted by atomic mass is 9.90. The number of anilines is 1. The predicted octanol–water partition coefficient (Wildman–Crippen LogP) is 4.00. The van der Waals surface area contributed by atoms with Crippen molar-refractivity contribution in [3.63, 3.8) is 0 Å². The first-order chi connectivity index (χ1) is 9.81. The second kappa shape index (κ2) is 5.41. The summed E-state index contributed by atoms with van der Waals surface area (Å²) in [6, 6.07) is 17.1. The first kappa shape index (κ1) is 12.8. The summed E-state index contributed by atoms with van der Waals surface area (Å²) in [7, 11) is 1.71. The summed E-state index contributed by atoms with van der Waals surface area (Å²) in [5, 5.41) is 3.61. The Hall–Kier alpha value is -2.22. The molecule has 102 valence electrons. The molecule has 1 aliphatic heterocycles. The van der Waals surface area contributed by atoms with Crippen LogP contribution in [0.4, 0.5) is 5.69 Å². The van der Waals surface area contributed by atoms with E-state index in [9.17, 15) is 0 Å². The Morgan fingerprint density at radius 3 is 2.75 bits per heavy atom. The maximum atomic E-state index is 5.30. The van der Waals surface area contributed by atoms with E-state index >= 15 is 0 Å². The van der Waals surface area contributed by atoms with Crippen LogP contribution in [0.15, 0.2) is 61.2 Å². The molecule has 2 nitrogen and oxygen atoms in total. The number of hydrogen-bond donors (Lipinski definition) is 1. The van der Waals surface area contributed by atoms with Gasteiger partial charge in [0, 0.05) is 17.6 Å². The summed E-state index contributed by atoms with van der Waals surface area (Å²) in [6.07, 6.45) is 3.04. The molecule has 0 radical (unpaired) electrons. The highest BCUT2D eigenvalue weighted by molar-refractivity contribution is 5.60. The average Bonchev–Trinajstić information content (AvgIpc) is 2.91. The molecule has 1 aliphatic rings. The van der Waals surface area contributed by atoms with Gasteiger partial charge in [0.25, 0.3) is 0 Å². The Bertz CT molecular complexity index is 606. The van der Waals surface area contributed by atoms with Crippen LogP contribution in [0, 0.1) is 0 Å². The minimum Gasteiger partial charge on any atom is -0.497 e. The van der Waals surface area contributed by atoms with E-state index < -0.39 is 0 Å². The highest BCUT2D eigenvalue weighted by Crippen LogP contribution is 2.35. The second-order valence-electron chi connectivity index (χ2n) is 5.15. The molecule has 3 rings (SSSR count). The summed E-state index contributed by atoms with van der Waals surface area (Å²) >= 11 is 0. The fraction of sp³-hybridized carbons (Fsp3) is 0.222. The van der Waals surface area contributed by atoms with E-state index in [1.807, 2.05) is 18.2 Å². The maximum absolute atomic E-state index is 5.30. The summed E-state index contributed by atoms with van der Waals surface area (Å²) in [5.74, 6) is 1.23. The Morgan fingerprint density at radius 2 is 2.05 bits per heavy atom. The van der Waals surface area contributed by atoms with Crippen molar-refractivity contribution in [3.05, 3.63) is 72.3 Å². The van der Waals surface area contributed by atoms with Crippen LogP contribution in [-0.4, -0.2) is 13.2 Å². The van der Waals surface area contributed by atoms with Crippen LogP contribution in [0.25, 0.3) is 0 Å². The minimum absolute atomic E-state index is 0.314. The Balaban J connectivity index is 1.85. The lowest BCUT2D eigenvalue weighted by Gasteiger charge is -2.21. The van der Waals surface area contributed by atoms with Crippen molar-refractivity contribution in [2.45, 2.75) is 18.4 Å². The van der Waals surface area contributed by atoms with Gasteiger partial charge in [0.1, 0.15) is 5.75 Å². The highest BCUT2D eigenvalue weighted by Gasteiger charge is 2.27. The molecule has 2 heteroatoms. The van der Waals surface area contributed by atoms with E-state index in [0.717, 1.165) is 12.2 Å². The number of rotatable bonds is 4. The lowest BCUT2D eigenvalue weighted by Crippen LogP contribution is -2.23. The van der Waals surface area contributed by atoms with Gasteiger partial charge in [-0.3, -0.25) is 0 Å². The van der Waals surface area contributed by atoms with Crippen LogP contribution in [0.1, 0.15) is 17.0 Å². The highest BCUT2D eigenvalue weighted by atomic mass is 16.5. The number of fused-ring (bicyclic) bond motifs is 1. The molecule has 0 spiro atoms. The zero-order valence-electron chi connectivity index (χ0n) is 11.7. The molecule has 2 aromatic rings. The summed E-state index contributed by atoms with van der Waals surface area (Å²) in [6.45, 7) is 4.01. The van der Waals surface area contributed by atoms with Gasteiger partial charge in [-0.1, -0.05) is 36.4 Å². The van der Waals surface area contributed by atoms with Gasteiger partial charge < -0.3 is 10.1 Å². The van der Waals surface area contributed by atoms with Crippen LogP contribution in [0.3, 0.4) is 0 Å². The van der Waals surface area contributed by atoms with E-state index in [1.165, 1.54) is 16.8 Å². The average molecular weight is 265 g/mol. The molecule has 2 atom stereocenters. The molecular weight excluding hydrogens is 246 g/mol. The van der Waals surface area contributed by atoms with Gasteiger partial charge in [0.05, 0.1) is 7.11 Å². The largest absolute Gasteiger partial charge is 0.497 e. The summed E-state index contributed by atoms with van der Waals surface area (Å²) < 4.78 is 5.30. The molecule has 0 saturated heterocycles. The van der Waals surface area contributed by atoms with E-state index in [4.69, 9.17) is 4.74 Å². The van der Waals surface area contributed by atoms with Gasteiger partial charge in [0.2, 0.25) is 0 Å². The monoisotopic (exact) mass is 265 g/mol. The standard InChI is InChI=1S/C18H19NO/c1-3-16(13-7-5-4-6-8-13)18-12-14-11-15(20-2)9-10-17(14)19-18/h3-11,16,18-19H,1,12H2,2H3/t16-,18-/m0/s1. The van der Waals surface area contributed by atoms with Crippen LogP contribution < -0.4 is 10.1 Å². The zero-order valence-corrected chi connectivity index (χ0v) is 11.7. The molecule has 0 bridgehead atoms. The van der Waals surface area contributed by atoms with Gasteiger partial charge in [-0.15, -0.1) is 6.58 Å². The number of hydrogen-bond acceptors (Lipinski definition) is 2. The van der Waals surface area contributed by atoms with E-state index in [0.29, 0.717) is 12.0 Å². The number of nitrogens with one attached hydrogen (secondary N) is 1. The van der Waals surface area contributed by atoms with Crippen molar-refractivity contribution in [2.24, 2.45) is 0 Å². The van der Waals surface area contributed by atoms with E-state index in [2.05, 4.69) is 48.3 Å². The first-order valence-electron chi connectivity index (χ1n) is 6.93. The van der Waals surface area contributed by atoms with Crippen molar-refractivity contribution in [1.82, 2.24) is 0 Å². The number of benzene rings is 2. The molecule has 0 amide bonds. The van der Waals surface area contributed by atoms with Gasteiger partial charge >= 0.3 is 0 Å². The summed E-state index contributed by atoms with van der Waals surface area (Å²) in [4.78, 5) is 0. The van der Waals surface area contributed by atoms with Crippen molar-refractivity contribution in [2.75, 3.05) is 12.4 Å². The van der Waals surface area contributed by atoms with Crippen molar-refractivity contribution < 1.29 is 4.74 Å². The van der Waals surface area contributed by atoms with Crippen molar-refractivity contribution in [1.29, 1.82) is 0 Å². The number of methoxy groups -OCH3 is 1. The first-order valence-corrected chi connectivity index (χ1v) is 6.93. The van der Waals surface area contributed by atoms with Crippen LogP contribution in [-0.2, 0) is 6.42 Å². The molecule has 0 saturated carbocycles. The van der Waals surface area contributed by atoms with E-state index in [-0.39, 0.29) is 0 Å². The van der Waals surface area contributed by atoms with Crippen LogP contribution in [0.5, 0.6) is 5.75 Å². The molecule has 20 heavy (non-hydrogen) atoms. The topological polar surface area (TPSA) is 21.3 Å². The van der Waals surface area contributed by atoms with E-state index in [1.54, 1.807) is 7.11 Å². The predicted molar refractivity (Wildman–Crippen MR) is 83.5 cm³/mol. The molecule has 1 heterocycles. The van der Waals surface area contributed by atoms with Gasteiger partial charge in [-0.05, 0) is 35.7 Å². The van der Waals surface area contributed by atoms with Crippen LogP contribution in [0.2, 0.25) is 0 Å². The third-order valence-electron chi connectivity index (χ3n) is 3.97. The minimum atomic E-state index is 0.314. The van der Waals surface area contributed by atoms with Gasteiger partial charge in [0.15, 0.2) is 0 Å². The SMILES string of the molecule is C=C[C@@H](c1ccccc1)[C@@H]1Cc2cc(OC)ccc2N1. The van der Waals surface area contributed by atoms with Crippen molar-refractivity contribution in [3.8, 4) is 5.75 Å². The second-order valence-corrected chi connectivity index (χ2v) is 5.15. The maximum Gasteiger partial charge on any atom is 0.119 e. The fourth-order valence-electron chi connectivity index (χ4n) is 2.92. The Morgan fingerprint density at radius 1 is 1.25 bits per heavy atom. The van der Waals surface area contributed by atoms with Crippen LogP contribution >= 0.6 is 0 Å². The number of ether oxygens (including phenoxy) is 1. The summed E-state index contributed by atoms with van der Waals surface area (Å²) in [5.41, 5.74) is 3.83. The van der Waals surface area contributed by atoms with Gasteiger partial charge in [-0.25, -0.2) is 0 Å². The Kier molecular flexibility index (Phi) is 3.46. The lowest BCUT2D eigenvalue weighted by molar-refractivity contribution is 0.414. The van der Waals surface area contributed by atoms with Crippen molar-refractivity contribution >= 4 is 5.69 Å². The smallest absolute Gasteiger partial charge is 0.119 e. The molecule has 0 aliphatic carbocycles. The Labute approximate surface area is 120 Å². The quantitative estimate of drug-likeness (QED) is 0.844. The third kappa shape index (κ3) is 2.29. The molecule has 1 N–H and O–H groups in total. The zero-order chi connectivity index (χ0) is 13.9. The molecule has 0 aromatic heterocycles. The molecule has 0 unspecified atom stereocenters. The third-order valence-corrected chi connectivity index (χ3v) is 3.97.